The second-order valence-electron chi connectivity index (χ2n) is 6.00. The smallest absolute Gasteiger partial charge is 0.219 e. The highest BCUT2D eigenvalue weighted by molar-refractivity contribution is 7.90. The molecule has 0 bridgehead atoms. The third-order valence-corrected chi connectivity index (χ3v) is 6.14. The lowest BCUT2D eigenvalue weighted by molar-refractivity contribution is -0.000721. The van der Waals surface area contributed by atoms with Crippen molar-refractivity contribution in [2.24, 2.45) is 0 Å². The number of aliphatic hydroxyl groups excluding tert-OH is 1. The van der Waals surface area contributed by atoms with Gasteiger partial charge in [-0.15, -0.1) is 0 Å². The van der Waals surface area contributed by atoms with E-state index in [4.69, 9.17) is 0 Å². The summed E-state index contributed by atoms with van der Waals surface area (Å²) in [5, 5.41) is 9.93. The van der Waals surface area contributed by atoms with Crippen molar-refractivity contribution in [3.63, 3.8) is 0 Å². The lowest BCUT2D eigenvalue weighted by atomic mass is 9.90. The fourth-order valence-corrected chi connectivity index (χ4v) is 3.77. The van der Waals surface area contributed by atoms with Crippen LogP contribution in [0.1, 0.15) is 47.5 Å². The molecule has 1 N–H and O–H groups in total. The van der Waals surface area contributed by atoms with Crippen molar-refractivity contribution in [3.8, 4) is 0 Å². The molecule has 96 valence electrons. The van der Waals surface area contributed by atoms with Crippen LogP contribution in [-0.2, 0) is 10.0 Å². The third-order valence-electron chi connectivity index (χ3n) is 3.36. The molecule has 0 aliphatic carbocycles. The van der Waals surface area contributed by atoms with Gasteiger partial charge >= 0.3 is 0 Å². The molecule has 16 heavy (non-hydrogen) atoms. The van der Waals surface area contributed by atoms with Gasteiger partial charge in [0.2, 0.25) is 10.0 Å². The van der Waals surface area contributed by atoms with Crippen LogP contribution in [0.25, 0.3) is 0 Å². The Morgan fingerprint density at radius 3 is 2.25 bits per heavy atom. The van der Waals surface area contributed by atoms with Gasteiger partial charge in [0.05, 0.1) is 16.4 Å². The summed E-state index contributed by atoms with van der Waals surface area (Å²) in [5.41, 5.74) is -0.704. The molecule has 1 fully saturated rings. The molecule has 1 atom stereocenters. The van der Waals surface area contributed by atoms with E-state index in [1.54, 1.807) is 34.6 Å². The number of hydrogen-bond donors (Lipinski definition) is 1. The van der Waals surface area contributed by atoms with Crippen molar-refractivity contribution in [2.75, 3.05) is 6.54 Å². The summed E-state index contributed by atoms with van der Waals surface area (Å²) in [6, 6.07) is 0. The molecular weight excluding hydrogens is 226 g/mol. The summed E-state index contributed by atoms with van der Waals surface area (Å²) in [7, 11) is -3.37. The maximum Gasteiger partial charge on any atom is 0.219 e. The highest BCUT2D eigenvalue weighted by atomic mass is 32.2. The Morgan fingerprint density at radius 2 is 1.81 bits per heavy atom. The molecule has 0 radical (unpaired) electrons. The lowest BCUT2D eigenvalue weighted by Gasteiger charge is -2.46. The molecule has 0 spiro atoms. The Hall–Kier alpha value is -0.130. The SMILES string of the molecule is CC1(C)C(O)CCCN1S(=O)(=O)C(C)(C)C. The molecule has 1 rings (SSSR count). The average Bonchev–Trinajstić information content (AvgIpc) is 2.07. The largest absolute Gasteiger partial charge is 0.391 e. The minimum Gasteiger partial charge on any atom is -0.391 e. The Balaban J connectivity index is 3.14. The quantitative estimate of drug-likeness (QED) is 0.763. The molecule has 1 unspecified atom stereocenters. The Morgan fingerprint density at radius 1 is 1.31 bits per heavy atom. The Bertz CT molecular complexity index is 354. The minimum absolute atomic E-state index is 0.504. The highest BCUT2D eigenvalue weighted by Crippen LogP contribution is 2.34. The van der Waals surface area contributed by atoms with Gasteiger partial charge in [-0.1, -0.05) is 0 Å². The van der Waals surface area contributed by atoms with Crippen molar-refractivity contribution in [1.82, 2.24) is 4.31 Å². The second-order valence-corrected chi connectivity index (χ2v) is 8.62. The molecule has 1 heterocycles. The van der Waals surface area contributed by atoms with Gasteiger partial charge in [0.25, 0.3) is 0 Å². The molecule has 1 saturated heterocycles. The molecule has 5 heteroatoms. The van der Waals surface area contributed by atoms with E-state index in [9.17, 15) is 13.5 Å². The van der Waals surface area contributed by atoms with Gasteiger partial charge in [-0.25, -0.2) is 8.42 Å². The van der Waals surface area contributed by atoms with Crippen LogP contribution in [0.15, 0.2) is 0 Å². The zero-order valence-corrected chi connectivity index (χ0v) is 11.6. The Kier molecular flexibility index (Phi) is 3.45. The Labute approximate surface area is 98.7 Å². The maximum absolute atomic E-state index is 12.4. The molecular formula is C11H23NO3S. The van der Waals surface area contributed by atoms with Gasteiger partial charge in [-0.05, 0) is 47.5 Å². The number of aliphatic hydroxyl groups is 1. The molecule has 0 aromatic carbocycles. The fourth-order valence-electron chi connectivity index (χ4n) is 2.00. The topological polar surface area (TPSA) is 57.6 Å². The molecule has 0 aromatic heterocycles. The van der Waals surface area contributed by atoms with Gasteiger partial charge in [0.1, 0.15) is 0 Å². The van der Waals surface area contributed by atoms with Gasteiger partial charge in [-0.3, -0.25) is 0 Å². The summed E-state index contributed by atoms with van der Waals surface area (Å²) in [6.45, 7) is 9.17. The molecule has 1 aliphatic rings. The van der Waals surface area contributed by atoms with Crippen LogP contribution in [0.4, 0.5) is 0 Å². The van der Waals surface area contributed by atoms with E-state index in [0.29, 0.717) is 13.0 Å². The summed E-state index contributed by atoms with van der Waals surface area (Å²) >= 11 is 0. The minimum atomic E-state index is -3.37. The standard InChI is InChI=1S/C11H23NO3S/c1-10(2,3)16(14,15)12-8-6-7-9(13)11(12,4)5/h9,13H,6-8H2,1-5H3. The van der Waals surface area contributed by atoms with Crippen LogP contribution < -0.4 is 0 Å². The lowest BCUT2D eigenvalue weighted by Crippen LogP contribution is -2.61. The van der Waals surface area contributed by atoms with Crippen molar-refractivity contribution in [3.05, 3.63) is 0 Å². The van der Waals surface area contributed by atoms with Crippen LogP contribution >= 0.6 is 0 Å². The first-order valence-electron chi connectivity index (χ1n) is 5.71. The number of sulfonamides is 1. The van der Waals surface area contributed by atoms with Crippen LogP contribution in [0.3, 0.4) is 0 Å². The number of hydrogen-bond acceptors (Lipinski definition) is 3. The predicted octanol–water partition coefficient (Wildman–Crippen LogP) is 1.35. The third kappa shape index (κ3) is 2.13. The first kappa shape index (κ1) is 13.9. The van der Waals surface area contributed by atoms with E-state index in [2.05, 4.69) is 0 Å². The van der Waals surface area contributed by atoms with Crippen LogP contribution in [0, 0.1) is 0 Å². The zero-order chi connectivity index (χ0) is 12.8. The summed E-state index contributed by atoms with van der Waals surface area (Å²) in [6.07, 6.45) is 0.807. The molecule has 4 nitrogen and oxygen atoms in total. The number of rotatable bonds is 1. The molecule has 1 aliphatic heterocycles. The van der Waals surface area contributed by atoms with Gasteiger partial charge in [0, 0.05) is 6.54 Å². The van der Waals surface area contributed by atoms with Crippen molar-refractivity contribution in [2.45, 2.75) is 63.9 Å². The van der Waals surface area contributed by atoms with Crippen LogP contribution in [-0.4, -0.2) is 40.8 Å². The predicted molar refractivity (Wildman–Crippen MR) is 64.7 cm³/mol. The fraction of sp³-hybridized carbons (Fsp3) is 1.00. The van der Waals surface area contributed by atoms with Crippen LogP contribution in [0.2, 0.25) is 0 Å². The van der Waals surface area contributed by atoms with E-state index in [1.807, 2.05) is 0 Å². The number of piperidine rings is 1. The molecule has 0 aromatic rings. The van der Waals surface area contributed by atoms with E-state index in [-0.39, 0.29) is 0 Å². The number of nitrogens with zero attached hydrogens (tertiary/aromatic N) is 1. The monoisotopic (exact) mass is 249 g/mol. The first-order chi connectivity index (χ1) is 7.01. The molecule has 0 saturated carbocycles. The normalized spacial score (nSPS) is 28.0. The summed E-state index contributed by atoms with van der Waals surface area (Å²) < 4.78 is 25.4. The van der Waals surface area contributed by atoms with E-state index in [0.717, 1.165) is 6.42 Å². The molecule has 0 amide bonds. The van der Waals surface area contributed by atoms with E-state index in [1.165, 1.54) is 4.31 Å². The maximum atomic E-state index is 12.4. The van der Waals surface area contributed by atoms with Crippen LogP contribution in [0.5, 0.6) is 0 Å². The second kappa shape index (κ2) is 3.96. The van der Waals surface area contributed by atoms with E-state index < -0.39 is 26.4 Å². The van der Waals surface area contributed by atoms with Crippen molar-refractivity contribution < 1.29 is 13.5 Å². The van der Waals surface area contributed by atoms with Gasteiger partial charge < -0.3 is 5.11 Å². The summed E-state index contributed by atoms with van der Waals surface area (Å²) in [5.74, 6) is 0. The average molecular weight is 249 g/mol. The highest BCUT2D eigenvalue weighted by Gasteiger charge is 2.47. The van der Waals surface area contributed by atoms with Crippen molar-refractivity contribution >= 4 is 10.0 Å². The van der Waals surface area contributed by atoms with Crippen molar-refractivity contribution in [1.29, 1.82) is 0 Å². The first-order valence-corrected chi connectivity index (χ1v) is 7.16. The zero-order valence-electron chi connectivity index (χ0n) is 10.8. The summed E-state index contributed by atoms with van der Waals surface area (Å²) in [4.78, 5) is 0. The van der Waals surface area contributed by atoms with E-state index >= 15 is 0 Å². The van der Waals surface area contributed by atoms with Gasteiger partial charge in [0.15, 0.2) is 0 Å². The van der Waals surface area contributed by atoms with Gasteiger partial charge in [-0.2, -0.15) is 4.31 Å².